The van der Waals surface area contributed by atoms with Gasteiger partial charge in [-0.3, -0.25) is 0 Å². The Bertz CT molecular complexity index is 830. The number of aliphatic hydroxyl groups excluding tert-OH is 1. The van der Waals surface area contributed by atoms with Crippen LogP contribution in [-0.2, 0) is 13.0 Å². The fourth-order valence-electron chi connectivity index (χ4n) is 4.09. The summed E-state index contributed by atoms with van der Waals surface area (Å²) in [7, 11) is 1.30. The summed E-state index contributed by atoms with van der Waals surface area (Å²) in [4.78, 5) is 0. The Hall–Kier alpha value is -2.08. The van der Waals surface area contributed by atoms with Crippen LogP contribution in [0, 0.1) is 29.2 Å². The molecule has 0 spiro atoms. The second-order valence-electron chi connectivity index (χ2n) is 7.41. The van der Waals surface area contributed by atoms with E-state index in [-0.39, 0.29) is 17.2 Å². The van der Waals surface area contributed by atoms with Gasteiger partial charge in [0.15, 0.2) is 23.2 Å². The minimum Gasteiger partial charge on any atom is -0.494 e. The Morgan fingerprint density at radius 2 is 1.50 bits per heavy atom. The van der Waals surface area contributed by atoms with E-state index in [4.69, 9.17) is 9.84 Å². The third-order valence-electron chi connectivity index (χ3n) is 5.82. The van der Waals surface area contributed by atoms with Gasteiger partial charge in [-0.05, 0) is 67.6 Å². The van der Waals surface area contributed by atoms with Crippen molar-refractivity contribution in [2.45, 2.75) is 51.0 Å². The largest absolute Gasteiger partial charge is 0.494 e. The number of hydrogen-bond donors (Lipinski definition) is 1. The molecule has 0 saturated heterocycles. The fourth-order valence-corrected chi connectivity index (χ4v) is 4.09. The number of rotatable bonds is 6. The zero-order chi connectivity index (χ0) is 20.3. The Morgan fingerprint density at radius 3 is 2.14 bits per heavy atom. The van der Waals surface area contributed by atoms with E-state index in [0.29, 0.717) is 29.9 Å². The summed E-state index contributed by atoms with van der Waals surface area (Å²) in [5, 5.41) is 8.99. The van der Waals surface area contributed by atoms with Gasteiger partial charge in [-0.1, -0.05) is 18.2 Å². The third kappa shape index (κ3) is 4.17. The Morgan fingerprint density at radius 1 is 0.857 bits per heavy atom. The molecule has 152 valence electrons. The summed E-state index contributed by atoms with van der Waals surface area (Å²) in [5.74, 6) is -3.49. The van der Waals surface area contributed by atoms with Gasteiger partial charge in [-0.2, -0.15) is 4.39 Å². The third-order valence-corrected chi connectivity index (χ3v) is 5.82. The summed E-state index contributed by atoms with van der Waals surface area (Å²) < 4.78 is 60.9. The van der Waals surface area contributed by atoms with Crippen LogP contribution in [0.1, 0.15) is 54.7 Å². The van der Waals surface area contributed by atoms with Crippen molar-refractivity contribution in [1.29, 1.82) is 0 Å². The van der Waals surface area contributed by atoms with E-state index >= 15 is 0 Å². The summed E-state index contributed by atoms with van der Waals surface area (Å²) in [6.45, 7) is -0.532. The number of benzene rings is 2. The molecule has 0 heterocycles. The predicted molar refractivity (Wildman–Crippen MR) is 98.2 cm³/mol. The first-order valence-electron chi connectivity index (χ1n) is 9.54. The van der Waals surface area contributed by atoms with Crippen molar-refractivity contribution >= 4 is 0 Å². The van der Waals surface area contributed by atoms with Gasteiger partial charge >= 0.3 is 0 Å². The molecule has 0 aliphatic heterocycles. The first kappa shape index (κ1) is 20.6. The van der Waals surface area contributed by atoms with Gasteiger partial charge in [0.1, 0.15) is 0 Å². The van der Waals surface area contributed by atoms with Crippen LogP contribution in [0.2, 0.25) is 0 Å². The normalized spacial score (nSPS) is 19.6. The molecule has 0 unspecified atom stereocenters. The Kier molecular flexibility index (Phi) is 6.60. The van der Waals surface area contributed by atoms with Crippen LogP contribution in [0.3, 0.4) is 0 Å². The van der Waals surface area contributed by atoms with E-state index in [1.165, 1.54) is 25.3 Å². The summed E-state index contributed by atoms with van der Waals surface area (Å²) in [5.41, 5.74) is 0.639. The highest BCUT2D eigenvalue weighted by Gasteiger charge is 2.27. The maximum absolute atomic E-state index is 14.3. The van der Waals surface area contributed by atoms with Crippen molar-refractivity contribution in [1.82, 2.24) is 0 Å². The molecule has 2 aromatic rings. The van der Waals surface area contributed by atoms with Gasteiger partial charge in [0.05, 0.1) is 13.7 Å². The number of aryl methyl sites for hydroxylation is 1. The molecule has 1 N–H and O–H groups in total. The second kappa shape index (κ2) is 8.95. The highest BCUT2D eigenvalue weighted by molar-refractivity contribution is 5.33. The lowest BCUT2D eigenvalue weighted by Crippen LogP contribution is -2.16. The first-order valence-corrected chi connectivity index (χ1v) is 9.54. The molecule has 1 fully saturated rings. The molecule has 2 aromatic carbocycles. The molecule has 1 aliphatic carbocycles. The van der Waals surface area contributed by atoms with Gasteiger partial charge in [0.25, 0.3) is 0 Å². The van der Waals surface area contributed by atoms with Crippen molar-refractivity contribution in [2.24, 2.45) is 5.92 Å². The predicted octanol–water partition coefficient (Wildman–Crippen LogP) is 5.65. The lowest BCUT2D eigenvalue weighted by atomic mass is 9.76. The smallest absolute Gasteiger partial charge is 0.200 e. The van der Waals surface area contributed by atoms with Gasteiger partial charge in [0.2, 0.25) is 5.82 Å². The molecule has 0 radical (unpaired) electrons. The van der Waals surface area contributed by atoms with Crippen molar-refractivity contribution in [2.75, 3.05) is 7.11 Å². The molecular formula is C22H24F4O2. The van der Waals surface area contributed by atoms with Gasteiger partial charge in [-0.15, -0.1) is 0 Å². The quantitative estimate of drug-likeness (QED) is 0.640. The van der Waals surface area contributed by atoms with E-state index in [1.54, 1.807) is 6.07 Å². The first-order chi connectivity index (χ1) is 13.5. The minimum atomic E-state index is -0.985. The number of methoxy groups -OCH3 is 1. The second-order valence-corrected chi connectivity index (χ2v) is 7.41. The number of hydrogen-bond acceptors (Lipinski definition) is 2. The van der Waals surface area contributed by atoms with Crippen LogP contribution in [0.5, 0.6) is 5.75 Å². The van der Waals surface area contributed by atoms with Gasteiger partial charge in [-0.25, -0.2) is 13.2 Å². The average Bonchev–Trinajstić information content (AvgIpc) is 2.72. The lowest BCUT2D eigenvalue weighted by Gasteiger charge is -2.29. The van der Waals surface area contributed by atoms with Crippen molar-refractivity contribution in [3.8, 4) is 5.75 Å². The summed E-state index contributed by atoms with van der Waals surface area (Å²) >= 11 is 0. The van der Waals surface area contributed by atoms with E-state index in [9.17, 15) is 17.6 Å². The maximum Gasteiger partial charge on any atom is 0.200 e. The number of aliphatic hydroxyl groups is 1. The van der Waals surface area contributed by atoms with E-state index in [2.05, 4.69) is 0 Å². The zero-order valence-electron chi connectivity index (χ0n) is 15.8. The molecule has 1 aliphatic rings. The SMILES string of the molecule is COc1ccc(C2CCC(CCc3ccc(CO)c(F)c3F)CC2)c(F)c1F. The van der Waals surface area contributed by atoms with Gasteiger partial charge in [0, 0.05) is 5.56 Å². The van der Waals surface area contributed by atoms with E-state index < -0.39 is 29.9 Å². The topological polar surface area (TPSA) is 29.5 Å². The molecule has 0 atom stereocenters. The van der Waals surface area contributed by atoms with Crippen molar-refractivity contribution in [3.05, 3.63) is 64.2 Å². The van der Waals surface area contributed by atoms with Crippen LogP contribution in [-0.4, -0.2) is 12.2 Å². The molecule has 3 rings (SSSR count). The summed E-state index contributed by atoms with van der Waals surface area (Å²) in [6.07, 6.45) is 4.24. The highest BCUT2D eigenvalue weighted by atomic mass is 19.2. The molecule has 28 heavy (non-hydrogen) atoms. The van der Waals surface area contributed by atoms with E-state index in [0.717, 1.165) is 25.7 Å². The molecule has 0 aromatic heterocycles. The van der Waals surface area contributed by atoms with Crippen LogP contribution in [0.15, 0.2) is 24.3 Å². The molecule has 1 saturated carbocycles. The molecule has 0 amide bonds. The van der Waals surface area contributed by atoms with Crippen molar-refractivity contribution in [3.63, 3.8) is 0 Å². The standard InChI is InChI=1S/C22H24F4O2/c1-28-18-11-10-17(21(25)22(18)26)14-5-2-13(3-6-14)4-7-15-8-9-16(12-27)20(24)19(15)23/h8-11,13-14,27H,2-7,12H2,1H3. The highest BCUT2D eigenvalue weighted by Crippen LogP contribution is 2.40. The average molecular weight is 396 g/mol. The van der Waals surface area contributed by atoms with Crippen LogP contribution < -0.4 is 4.74 Å². The molecule has 6 heteroatoms. The zero-order valence-corrected chi connectivity index (χ0v) is 15.8. The van der Waals surface area contributed by atoms with Gasteiger partial charge < -0.3 is 9.84 Å². The number of halogens is 4. The van der Waals surface area contributed by atoms with Crippen LogP contribution in [0.4, 0.5) is 17.6 Å². The summed E-state index contributed by atoms with van der Waals surface area (Å²) in [6, 6.07) is 5.97. The molecule has 2 nitrogen and oxygen atoms in total. The number of ether oxygens (including phenoxy) is 1. The maximum atomic E-state index is 14.3. The van der Waals surface area contributed by atoms with Crippen LogP contribution >= 0.6 is 0 Å². The lowest BCUT2D eigenvalue weighted by molar-refractivity contribution is 0.273. The van der Waals surface area contributed by atoms with Crippen molar-refractivity contribution < 1.29 is 27.4 Å². The monoisotopic (exact) mass is 396 g/mol. The molecule has 0 bridgehead atoms. The minimum absolute atomic E-state index is 0.0458. The molecular weight excluding hydrogens is 372 g/mol. The Labute approximate surface area is 162 Å². The fraction of sp³-hybridized carbons (Fsp3) is 0.455. The Balaban J connectivity index is 1.58. The van der Waals surface area contributed by atoms with Crippen LogP contribution in [0.25, 0.3) is 0 Å². The van der Waals surface area contributed by atoms with E-state index in [1.807, 2.05) is 0 Å².